The predicted molar refractivity (Wildman–Crippen MR) is 51.7 cm³/mol. The fourth-order valence-corrected chi connectivity index (χ4v) is 1.29. The van der Waals surface area contributed by atoms with Crippen LogP contribution in [-0.2, 0) is 10.3 Å². The molecule has 0 amide bonds. The van der Waals surface area contributed by atoms with E-state index < -0.39 is 11.6 Å². The van der Waals surface area contributed by atoms with Crippen LogP contribution in [0.4, 0.5) is 0 Å². The minimum atomic E-state index is -1.26. The first-order valence-corrected chi connectivity index (χ1v) is 4.58. The molecule has 5 heteroatoms. The molecule has 0 bridgehead atoms. The number of hydrogen-bond acceptors (Lipinski definition) is 4. The van der Waals surface area contributed by atoms with E-state index in [9.17, 15) is 9.90 Å². The molecule has 2 N–H and O–H groups in total. The SMILES string of the molecule is CCC(O)(COC)c1ccc(C(=O)O)o1. The number of carboxylic acids is 1. The summed E-state index contributed by atoms with van der Waals surface area (Å²) in [4.78, 5) is 10.6. The van der Waals surface area contributed by atoms with Gasteiger partial charge in [0, 0.05) is 7.11 Å². The van der Waals surface area contributed by atoms with E-state index in [0.29, 0.717) is 6.42 Å². The lowest BCUT2D eigenvalue weighted by molar-refractivity contribution is -0.0539. The number of carboxylic acid groups (broad SMARTS) is 1. The van der Waals surface area contributed by atoms with E-state index >= 15 is 0 Å². The van der Waals surface area contributed by atoms with E-state index in [-0.39, 0.29) is 18.1 Å². The van der Waals surface area contributed by atoms with Crippen molar-refractivity contribution >= 4 is 5.97 Å². The van der Waals surface area contributed by atoms with E-state index in [1.165, 1.54) is 19.2 Å². The van der Waals surface area contributed by atoms with Gasteiger partial charge in [-0.1, -0.05) is 6.92 Å². The fourth-order valence-electron chi connectivity index (χ4n) is 1.29. The minimum Gasteiger partial charge on any atom is -0.475 e. The molecule has 0 saturated carbocycles. The van der Waals surface area contributed by atoms with Crippen molar-refractivity contribution in [2.75, 3.05) is 13.7 Å². The number of carbonyl (C=O) groups is 1. The highest BCUT2D eigenvalue weighted by molar-refractivity contribution is 5.84. The van der Waals surface area contributed by atoms with Gasteiger partial charge < -0.3 is 19.4 Å². The summed E-state index contributed by atoms with van der Waals surface area (Å²) in [5, 5.41) is 18.7. The summed E-state index contributed by atoms with van der Waals surface area (Å²) in [6.45, 7) is 1.83. The van der Waals surface area contributed by atoms with Gasteiger partial charge in [-0.25, -0.2) is 4.79 Å². The van der Waals surface area contributed by atoms with E-state index in [4.69, 9.17) is 14.3 Å². The van der Waals surface area contributed by atoms with Crippen LogP contribution in [0, 0.1) is 0 Å². The molecule has 1 atom stereocenters. The van der Waals surface area contributed by atoms with Crippen LogP contribution in [0.15, 0.2) is 16.5 Å². The Bertz CT molecular complexity index is 343. The fraction of sp³-hybridized carbons (Fsp3) is 0.500. The topological polar surface area (TPSA) is 79.9 Å². The standard InChI is InChI=1S/C10H14O5/c1-3-10(13,6-14-2)8-5-4-7(15-8)9(11)12/h4-5,13H,3,6H2,1-2H3,(H,11,12). The van der Waals surface area contributed by atoms with Gasteiger partial charge in [-0.3, -0.25) is 0 Å². The zero-order chi connectivity index (χ0) is 11.5. The number of rotatable bonds is 5. The van der Waals surface area contributed by atoms with Gasteiger partial charge in [0.25, 0.3) is 0 Å². The van der Waals surface area contributed by atoms with Crippen LogP contribution < -0.4 is 0 Å². The molecule has 1 aromatic rings. The Balaban J connectivity index is 2.97. The molecule has 84 valence electrons. The number of hydrogen-bond donors (Lipinski definition) is 2. The van der Waals surface area contributed by atoms with Crippen molar-refractivity contribution in [3.05, 3.63) is 23.7 Å². The monoisotopic (exact) mass is 214 g/mol. The van der Waals surface area contributed by atoms with Gasteiger partial charge in [0.2, 0.25) is 5.76 Å². The van der Waals surface area contributed by atoms with Crippen molar-refractivity contribution in [3.63, 3.8) is 0 Å². The van der Waals surface area contributed by atoms with Crippen molar-refractivity contribution in [1.82, 2.24) is 0 Å². The number of furan rings is 1. The third-order valence-corrected chi connectivity index (χ3v) is 2.24. The number of ether oxygens (including phenoxy) is 1. The second-order valence-electron chi connectivity index (χ2n) is 3.29. The largest absolute Gasteiger partial charge is 0.475 e. The van der Waals surface area contributed by atoms with Crippen LogP contribution in [-0.4, -0.2) is 29.9 Å². The number of aromatic carboxylic acids is 1. The average Bonchev–Trinajstić information content (AvgIpc) is 2.67. The molecule has 0 aromatic carbocycles. The second kappa shape index (κ2) is 4.46. The van der Waals surface area contributed by atoms with Crippen molar-refractivity contribution in [2.24, 2.45) is 0 Å². The van der Waals surface area contributed by atoms with E-state index in [0.717, 1.165) is 0 Å². The third kappa shape index (κ3) is 2.37. The van der Waals surface area contributed by atoms with Gasteiger partial charge in [0.15, 0.2) is 0 Å². The summed E-state index contributed by atoms with van der Waals surface area (Å²) in [5.41, 5.74) is -1.26. The molecule has 1 aromatic heterocycles. The van der Waals surface area contributed by atoms with Gasteiger partial charge in [-0.15, -0.1) is 0 Å². The lowest BCUT2D eigenvalue weighted by Gasteiger charge is -2.22. The Morgan fingerprint density at radius 2 is 2.27 bits per heavy atom. The molecule has 15 heavy (non-hydrogen) atoms. The summed E-state index contributed by atoms with van der Waals surface area (Å²) in [7, 11) is 1.46. The highest BCUT2D eigenvalue weighted by Gasteiger charge is 2.31. The Hall–Kier alpha value is -1.33. The molecule has 0 saturated heterocycles. The molecule has 0 aliphatic rings. The zero-order valence-corrected chi connectivity index (χ0v) is 8.69. The summed E-state index contributed by atoms with van der Waals surface area (Å²) >= 11 is 0. The quantitative estimate of drug-likeness (QED) is 0.770. The zero-order valence-electron chi connectivity index (χ0n) is 8.69. The van der Waals surface area contributed by atoms with Crippen LogP contribution >= 0.6 is 0 Å². The van der Waals surface area contributed by atoms with Crippen LogP contribution in [0.3, 0.4) is 0 Å². The Morgan fingerprint density at radius 1 is 1.60 bits per heavy atom. The first-order valence-electron chi connectivity index (χ1n) is 4.58. The maximum Gasteiger partial charge on any atom is 0.371 e. The lowest BCUT2D eigenvalue weighted by Crippen LogP contribution is -2.29. The Kier molecular flexibility index (Phi) is 3.49. The lowest BCUT2D eigenvalue weighted by atomic mass is 9.99. The molecule has 5 nitrogen and oxygen atoms in total. The molecule has 0 spiro atoms. The third-order valence-electron chi connectivity index (χ3n) is 2.24. The minimum absolute atomic E-state index is 0.0655. The van der Waals surface area contributed by atoms with Gasteiger partial charge in [-0.05, 0) is 18.6 Å². The maximum atomic E-state index is 10.6. The smallest absolute Gasteiger partial charge is 0.371 e. The first-order chi connectivity index (χ1) is 7.03. The molecule has 0 aliphatic carbocycles. The van der Waals surface area contributed by atoms with E-state index in [1.807, 2.05) is 0 Å². The van der Waals surface area contributed by atoms with Gasteiger partial charge in [0.05, 0.1) is 6.61 Å². The van der Waals surface area contributed by atoms with E-state index in [1.54, 1.807) is 6.92 Å². The van der Waals surface area contributed by atoms with Gasteiger partial charge in [0.1, 0.15) is 11.4 Å². The maximum absolute atomic E-state index is 10.6. The normalized spacial score (nSPS) is 14.9. The van der Waals surface area contributed by atoms with Crippen LogP contribution in [0.2, 0.25) is 0 Å². The van der Waals surface area contributed by atoms with Crippen molar-refractivity contribution < 1.29 is 24.2 Å². The van der Waals surface area contributed by atoms with Crippen LogP contribution in [0.25, 0.3) is 0 Å². The van der Waals surface area contributed by atoms with Gasteiger partial charge >= 0.3 is 5.97 Å². The van der Waals surface area contributed by atoms with E-state index in [2.05, 4.69) is 0 Å². The highest BCUT2D eigenvalue weighted by Crippen LogP contribution is 2.27. The van der Waals surface area contributed by atoms with Crippen molar-refractivity contribution in [1.29, 1.82) is 0 Å². The summed E-state index contributed by atoms with van der Waals surface area (Å²) in [6.07, 6.45) is 0.382. The van der Waals surface area contributed by atoms with Gasteiger partial charge in [-0.2, -0.15) is 0 Å². The summed E-state index contributed by atoms with van der Waals surface area (Å²) < 4.78 is 9.89. The molecule has 1 unspecified atom stereocenters. The first kappa shape index (κ1) is 11.7. The summed E-state index contributed by atoms with van der Waals surface area (Å²) in [5.74, 6) is -1.13. The number of aliphatic hydroxyl groups is 1. The predicted octanol–water partition coefficient (Wildman–Crippen LogP) is 1.22. The second-order valence-corrected chi connectivity index (χ2v) is 3.29. The van der Waals surface area contributed by atoms with Crippen molar-refractivity contribution in [2.45, 2.75) is 18.9 Å². The Morgan fingerprint density at radius 3 is 2.67 bits per heavy atom. The molecule has 1 heterocycles. The molecular weight excluding hydrogens is 200 g/mol. The summed E-state index contributed by atoms with van der Waals surface area (Å²) in [6, 6.07) is 2.76. The molecular formula is C10H14O5. The Labute approximate surface area is 87.3 Å². The molecule has 0 radical (unpaired) electrons. The van der Waals surface area contributed by atoms with Crippen molar-refractivity contribution in [3.8, 4) is 0 Å². The molecule has 0 fully saturated rings. The van der Waals surface area contributed by atoms with Crippen LogP contribution in [0.1, 0.15) is 29.7 Å². The average molecular weight is 214 g/mol. The molecule has 1 rings (SSSR count). The number of methoxy groups -OCH3 is 1. The van der Waals surface area contributed by atoms with Crippen LogP contribution in [0.5, 0.6) is 0 Å². The molecule has 0 aliphatic heterocycles. The highest BCUT2D eigenvalue weighted by atomic mass is 16.5.